The first-order valence-electron chi connectivity index (χ1n) is 8.05. The lowest BCUT2D eigenvalue weighted by atomic mass is 9.91. The van der Waals surface area contributed by atoms with Gasteiger partial charge in [0.1, 0.15) is 10.5 Å². The van der Waals surface area contributed by atoms with Gasteiger partial charge in [0.2, 0.25) is 10.0 Å². The first-order valence-corrected chi connectivity index (χ1v) is 10.8. The number of halogens is 1. The molecule has 0 N–H and O–H groups in total. The third-order valence-electron chi connectivity index (χ3n) is 4.61. The second-order valence-electron chi connectivity index (χ2n) is 6.20. The van der Waals surface area contributed by atoms with Gasteiger partial charge < -0.3 is 0 Å². The van der Waals surface area contributed by atoms with E-state index in [1.807, 2.05) is 13.1 Å². The van der Waals surface area contributed by atoms with E-state index in [9.17, 15) is 8.42 Å². The van der Waals surface area contributed by atoms with E-state index in [1.165, 1.54) is 12.5 Å². The Kier molecular flexibility index (Phi) is 4.43. The van der Waals surface area contributed by atoms with Crippen molar-refractivity contribution < 1.29 is 8.42 Å². The van der Waals surface area contributed by atoms with Crippen LogP contribution in [0.5, 0.6) is 0 Å². The Hall–Kier alpha value is -1.29. The minimum absolute atomic E-state index is 0.0236. The molecule has 25 heavy (non-hydrogen) atoms. The summed E-state index contributed by atoms with van der Waals surface area (Å²) in [5.74, 6) is 0.214. The van der Waals surface area contributed by atoms with Crippen LogP contribution in [-0.2, 0) is 10.0 Å². The Bertz CT molecular complexity index is 977. The number of pyridine rings is 1. The second-order valence-corrected chi connectivity index (χ2v) is 10.3. The molecule has 0 spiro atoms. The summed E-state index contributed by atoms with van der Waals surface area (Å²) in [5.41, 5.74) is 1.71. The molecule has 1 unspecified atom stereocenters. The molecule has 1 fully saturated rings. The summed E-state index contributed by atoms with van der Waals surface area (Å²) < 4.78 is 29.1. The molecule has 4 heterocycles. The summed E-state index contributed by atoms with van der Waals surface area (Å²) in [6, 6.07) is 1.80. The minimum atomic E-state index is -3.41. The smallest absolute Gasteiger partial charge is 0.249 e. The summed E-state index contributed by atoms with van der Waals surface area (Å²) >= 11 is 7.17. The molecule has 0 aliphatic carbocycles. The fourth-order valence-corrected chi connectivity index (χ4v) is 6.67. The van der Waals surface area contributed by atoms with E-state index in [-0.39, 0.29) is 11.3 Å². The number of hydrogen-bond donors (Lipinski definition) is 1. The van der Waals surface area contributed by atoms with E-state index >= 15 is 0 Å². The minimum Gasteiger partial charge on any atom is -0.278 e. The van der Waals surface area contributed by atoms with Crippen LogP contribution in [0.25, 0.3) is 5.65 Å². The van der Waals surface area contributed by atoms with Crippen molar-refractivity contribution >= 4 is 49.0 Å². The number of fused-ring (bicyclic) bond motifs is 1. The number of nitrogens with zero attached hydrogens (tertiary/aromatic N) is 5. The van der Waals surface area contributed by atoms with Crippen LogP contribution < -0.4 is 0 Å². The van der Waals surface area contributed by atoms with Crippen molar-refractivity contribution in [2.45, 2.75) is 31.1 Å². The van der Waals surface area contributed by atoms with Crippen molar-refractivity contribution in [2.75, 3.05) is 13.1 Å². The molecule has 1 saturated heterocycles. The van der Waals surface area contributed by atoms with E-state index in [2.05, 4.69) is 15.1 Å². The molecule has 0 aromatic carbocycles. The topological polar surface area (TPSA) is 79.9 Å². The van der Waals surface area contributed by atoms with E-state index in [4.69, 9.17) is 11.6 Å². The van der Waals surface area contributed by atoms with Crippen molar-refractivity contribution in [1.82, 2.24) is 18.9 Å². The van der Waals surface area contributed by atoms with Gasteiger partial charge in [-0.15, -0.1) is 0 Å². The van der Waals surface area contributed by atoms with Gasteiger partial charge in [0.15, 0.2) is 5.65 Å². The second kappa shape index (κ2) is 6.46. The van der Waals surface area contributed by atoms with Gasteiger partial charge in [-0.25, -0.2) is 17.9 Å². The predicted octanol–water partition coefficient (Wildman–Crippen LogP) is 1.92. The van der Waals surface area contributed by atoms with Crippen molar-refractivity contribution in [3.63, 3.8) is 0 Å². The number of aromatic nitrogens is 3. The molecular formula is C15H18ClN5O2S2. The van der Waals surface area contributed by atoms with E-state index in [0.29, 0.717) is 28.0 Å². The zero-order chi connectivity index (χ0) is 17.6. The molecule has 134 valence electrons. The van der Waals surface area contributed by atoms with Gasteiger partial charge >= 0.3 is 0 Å². The predicted molar refractivity (Wildman–Crippen MR) is 102 cm³/mol. The summed E-state index contributed by atoms with van der Waals surface area (Å²) in [4.78, 5) is 8.29. The standard InChI is InChI=1S/C15H18ClN5O2S2/c1-10-17-7-15(24-10)25(22,23)20-4-2-11(3-5-20)12-8-21-14(6-13(12)16)18-9-19-21/h6-11,24H,2-5H2,1H3. The van der Waals surface area contributed by atoms with Gasteiger partial charge in [0.25, 0.3) is 0 Å². The number of sulfonamides is 1. The number of piperidine rings is 1. The van der Waals surface area contributed by atoms with E-state index < -0.39 is 10.0 Å². The van der Waals surface area contributed by atoms with Crippen molar-refractivity contribution in [3.05, 3.63) is 29.2 Å². The SMILES string of the molecule is CC1N=CC(S(=O)(=O)N2CCC(c3cn4ncnc4cc3Cl)CC2)=[SH]1. The van der Waals surface area contributed by atoms with Crippen molar-refractivity contribution in [3.8, 4) is 0 Å². The number of aliphatic imine (C=N–C) groups is 1. The van der Waals surface area contributed by atoms with Crippen LogP contribution in [0.2, 0.25) is 5.02 Å². The highest BCUT2D eigenvalue weighted by molar-refractivity contribution is 8.23. The molecule has 1 atom stereocenters. The summed E-state index contributed by atoms with van der Waals surface area (Å²) in [5, 5.41) is 4.83. The summed E-state index contributed by atoms with van der Waals surface area (Å²) in [6.07, 6.45) is 6.36. The lowest BCUT2D eigenvalue weighted by Crippen LogP contribution is -2.41. The Labute approximate surface area is 154 Å². The molecule has 10 heteroatoms. The average Bonchev–Trinajstić information content (AvgIpc) is 3.23. The van der Waals surface area contributed by atoms with Gasteiger partial charge in [-0.1, -0.05) is 11.6 Å². The number of rotatable bonds is 2. The molecule has 2 aromatic heterocycles. The number of thiol groups is 1. The first kappa shape index (κ1) is 17.1. The third-order valence-corrected chi connectivity index (χ3v) is 8.50. The average molecular weight is 400 g/mol. The van der Waals surface area contributed by atoms with Gasteiger partial charge in [-0.05, 0) is 31.2 Å². The maximum absolute atomic E-state index is 12.7. The van der Waals surface area contributed by atoms with Gasteiger partial charge in [0, 0.05) is 36.6 Å². The molecule has 2 aliphatic rings. The van der Waals surface area contributed by atoms with Crippen LogP contribution in [0.15, 0.2) is 23.6 Å². The largest absolute Gasteiger partial charge is 0.278 e. The molecular weight excluding hydrogens is 382 g/mol. The molecule has 0 saturated carbocycles. The normalized spacial score (nSPS) is 23.0. The van der Waals surface area contributed by atoms with Gasteiger partial charge in [0.05, 0.1) is 5.37 Å². The number of hydrogen-bond acceptors (Lipinski definition) is 5. The van der Waals surface area contributed by atoms with E-state index in [0.717, 1.165) is 29.8 Å². The molecule has 0 radical (unpaired) electrons. The molecule has 2 aromatic rings. The Morgan fingerprint density at radius 2 is 2.08 bits per heavy atom. The van der Waals surface area contributed by atoms with Crippen LogP contribution in [0.4, 0.5) is 0 Å². The van der Waals surface area contributed by atoms with Crippen LogP contribution in [-0.4, -0.2) is 56.2 Å². The van der Waals surface area contributed by atoms with Crippen molar-refractivity contribution in [2.24, 2.45) is 4.99 Å². The van der Waals surface area contributed by atoms with Crippen LogP contribution in [0.3, 0.4) is 0 Å². The van der Waals surface area contributed by atoms with E-state index in [1.54, 1.807) is 14.9 Å². The van der Waals surface area contributed by atoms with Gasteiger partial charge in [-0.3, -0.25) is 4.99 Å². The van der Waals surface area contributed by atoms with Crippen LogP contribution in [0.1, 0.15) is 31.2 Å². The first-order chi connectivity index (χ1) is 11.9. The highest BCUT2D eigenvalue weighted by atomic mass is 35.5. The Balaban J connectivity index is 1.52. The molecule has 7 nitrogen and oxygen atoms in total. The fourth-order valence-electron chi connectivity index (χ4n) is 3.25. The molecule has 0 amide bonds. The highest BCUT2D eigenvalue weighted by Gasteiger charge is 2.33. The zero-order valence-corrected chi connectivity index (χ0v) is 16.0. The molecule has 0 bridgehead atoms. The lowest BCUT2D eigenvalue weighted by molar-refractivity contribution is 0.324. The maximum atomic E-state index is 12.7. The molecule has 4 rings (SSSR count). The fraction of sp³-hybridized carbons (Fsp3) is 0.467. The van der Waals surface area contributed by atoms with Crippen LogP contribution in [0, 0.1) is 0 Å². The third kappa shape index (κ3) is 3.14. The summed E-state index contributed by atoms with van der Waals surface area (Å²) in [7, 11) is -3.41. The maximum Gasteiger partial charge on any atom is 0.249 e. The van der Waals surface area contributed by atoms with Crippen LogP contribution >= 0.6 is 23.0 Å². The quantitative estimate of drug-likeness (QED) is 0.618. The van der Waals surface area contributed by atoms with Gasteiger partial charge in [-0.2, -0.15) is 20.8 Å². The summed E-state index contributed by atoms with van der Waals surface area (Å²) in [6.45, 7) is 2.88. The molecule has 2 aliphatic heterocycles. The highest BCUT2D eigenvalue weighted by Crippen LogP contribution is 2.34. The lowest BCUT2D eigenvalue weighted by Gasteiger charge is -2.31. The van der Waals surface area contributed by atoms with Crippen molar-refractivity contribution in [1.29, 1.82) is 0 Å². The monoisotopic (exact) mass is 399 g/mol. The Morgan fingerprint density at radius 1 is 1.32 bits per heavy atom. The Morgan fingerprint density at radius 3 is 2.76 bits per heavy atom. The zero-order valence-electron chi connectivity index (χ0n) is 13.6.